The number of aryl methyl sites for hydroxylation is 1. The van der Waals surface area contributed by atoms with Crippen LogP contribution in [0.5, 0.6) is 0 Å². The smallest absolute Gasteiger partial charge is 0.269 e. The number of rotatable bonds is 2. The molecule has 82 valence electrons. The fraction of sp³-hybridized carbons (Fsp3) is 0.600. The van der Waals surface area contributed by atoms with Gasteiger partial charge >= 0.3 is 0 Å². The maximum Gasteiger partial charge on any atom is 0.269 e. The lowest BCUT2D eigenvalue weighted by Crippen LogP contribution is -2.45. The van der Waals surface area contributed by atoms with Crippen LogP contribution in [-0.4, -0.2) is 35.0 Å². The zero-order valence-corrected chi connectivity index (χ0v) is 8.84. The molecule has 0 bridgehead atoms. The molecule has 2 heterocycles. The molecule has 5 nitrogen and oxygen atoms in total. The van der Waals surface area contributed by atoms with E-state index in [0.29, 0.717) is 5.69 Å². The van der Waals surface area contributed by atoms with Gasteiger partial charge in [-0.2, -0.15) is 0 Å². The van der Waals surface area contributed by atoms with Crippen LogP contribution in [0.15, 0.2) is 6.20 Å². The first kappa shape index (κ1) is 10.2. The number of piperidine rings is 1. The molecule has 1 aliphatic rings. The van der Waals surface area contributed by atoms with Gasteiger partial charge in [0.2, 0.25) is 0 Å². The van der Waals surface area contributed by atoms with Crippen molar-refractivity contribution >= 4 is 5.91 Å². The Morgan fingerprint density at radius 1 is 1.67 bits per heavy atom. The molecule has 15 heavy (non-hydrogen) atoms. The Morgan fingerprint density at radius 2 is 2.53 bits per heavy atom. The summed E-state index contributed by atoms with van der Waals surface area (Å²) >= 11 is 0. The monoisotopic (exact) mass is 208 g/mol. The molecule has 0 unspecified atom stereocenters. The van der Waals surface area contributed by atoms with Gasteiger partial charge in [-0.25, -0.2) is 4.98 Å². The predicted molar refractivity (Wildman–Crippen MR) is 56.7 cm³/mol. The van der Waals surface area contributed by atoms with Gasteiger partial charge in [-0.05, 0) is 26.3 Å². The lowest BCUT2D eigenvalue weighted by atomic mass is 10.1. The number of hydrogen-bond donors (Lipinski definition) is 3. The molecule has 1 aliphatic heterocycles. The van der Waals surface area contributed by atoms with Gasteiger partial charge in [-0.3, -0.25) is 4.79 Å². The third-order valence-corrected chi connectivity index (χ3v) is 2.58. The summed E-state index contributed by atoms with van der Waals surface area (Å²) in [6.07, 6.45) is 3.74. The predicted octanol–water partition coefficient (Wildman–Crippen LogP) is 0.200. The van der Waals surface area contributed by atoms with Crippen LogP contribution in [-0.2, 0) is 0 Å². The van der Waals surface area contributed by atoms with Crippen molar-refractivity contribution in [1.29, 1.82) is 0 Å². The van der Waals surface area contributed by atoms with E-state index in [2.05, 4.69) is 20.6 Å². The van der Waals surface area contributed by atoms with Crippen molar-refractivity contribution in [2.45, 2.75) is 25.8 Å². The van der Waals surface area contributed by atoms with Gasteiger partial charge in [0, 0.05) is 12.6 Å². The summed E-state index contributed by atoms with van der Waals surface area (Å²) in [5, 5.41) is 6.23. The Hall–Kier alpha value is -1.36. The largest absolute Gasteiger partial charge is 0.347 e. The van der Waals surface area contributed by atoms with E-state index in [0.717, 1.165) is 31.8 Å². The molecule has 2 rings (SSSR count). The highest BCUT2D eigenvalue weighted by molar-refractivity contribution is 5.92. The number of carbonyl (C=O) groups is 1. The summed E-state index contributed by atoms with van der Waals surface area (Å²) in [7, 11) is 0. The van der Waals surface area contributed by atoms with Crippen molar-refractivity contribution in [2.24, 2.45) is 0 Å². The van der Waals surface area contributed by atoms with E-state index >= 15 is 0 Å². The Labute approximate surface area is 88.7 Å². The Morgan fingerprint density at radius 3 is 3.13 bits per heavy atom. The molecule has 1 amide bonds. The van der Waals surface area contributed by atoms with Gasteiger partial charge < -0.3 is 15.6 Å². The minimum absolute atomic E-state index is 0.0655. The fourth-order valence-corrected chi connectivity index (χ4v) is 1.77. The van der Waals surface area contributed by atoms with Crippen molar-refractivity contribution in [3.05, 3.63) is 17.7 Å². The maximum absolute atomic E-state index is 11.7. The number of aromatic amines is 1. The standard InChI is InChI=1S/C10H16N4O/c1-7-12-6-9(13-7)10(15)14-8-3-2-4-11-5-8/h6,8,11H,2-5H2,1H3,(H,12,13)(H,14,15)/t8-/m0/s1. The van der Waals surface area contributed by atoms with E-state index in [4.69, 9.17) is 0 Å². The molecule has 0 spiro atoms. The molecule has 1 aromatic heterocycles. The van der Waals surface area contributed by atoms with Gasteiger partial charge in [-0.15, -0.1) is 0 Å². The van der Waals surface area contributed by atoms with Crippen LogP contribution < -0.4 is 10.6 Å². The molecule has 0 aromatic carbocycles. The van der Waals surface area contributed by atoms with Crippen LogP contribution in [0, 0.1) is 6.92 Å². The molecule has 0 radical (unpaired) electrons. The van der Waals surface area contributed by atoms with Gasteiger partial charge in [0.15, 0.2) is 0 Å². The van der Waals surface area contributed by atoms with Gasteiger partial charge in [0.25, 0.3) is 5.91 Å². The van der Waals surface area contributed by atoms with Crippen LogP contribution in [0.4, 0.5) is 0 Å². The second kappa shape index (κ2) is 4.44. The third kappa shape index (κ3) is 2.56. The molecular formula is C10H16N4O. The van der Waals surface area contributed by atoms with Crippen molar-refractivity contribution in [3.8, 4) is 0 Å². The SMILES string of the molecule is Cc1ncc(C(=O)N[C@H]2CCCNC2)[nH]1. The Bertz CT molecular complexity index is 341. The van der Waals surface area contributed by atoms with Crippen LogP contribution in [0.1, 0.15) is 29.2 Å². The van der Waals surface area contributed by atoms with Gasteiger partial charge in [0.05, 0.1) is 6.20 Å². The first-order chi connectivity index (χ1) is 7.25. The normalized spacial score (nSPS) is 21.3. The van der Waals surface area contributed by atoms with E-state index in [1.54, 1.807) is 6.20 Å². The summed E-state index contributed by atoms with van der Waals surface area (Å²) in [5.41, 5.74) is 0.540. The molecule has 1 atom stereocenters. The molecular weight excluding hydrogens is 192 g/mol. The molecule has 1 fully saturated rings. The van der Waals surface area contributed by atoms with E-state index in [1.807, 2.05) is 6.92 Å². The van der Waals surface area contributed by atoms with Crippen LogP contribution in [0.25, 0.3) is 0 Å². The molecule has 0 aliphatic carbocycles. The number of amides is 1. The summed E-state index contributed by atoms with van der Waals surface area (Å²) in [6, 6.07) is 0.245. The number of nitrogens with zero attached hydrogens (tertiary/aromatic N) is 1. The average Bonchev–Trinajstić information content (AvgIpc) is 2.66. The van der Waals surface area contributed by atoms with Crippen molar-refractivity contribution < 1.29 is 4.79 Å². The number of imidazole rings is 1. The third-order valence-electron chi connectivity index (χ3n) is 2.58. The zero-order chi connectivity index (χ0) is 10.7. The molecule has 3 N–H and O–H groups in total. The summed E-state index contributed by atoms with van der Waals surface area (Å²) in [5.74, 6) is 0.700. The highest BCUT2D eigenvalue weighted by Gasteiger charge is 2.16. The lowest BCUT2D eigenvalue weighted by molar-refractivity contribution is 0.0926. The summed E-state index contributed by atoms with van der Waals surface area (Å²) in [4.78, 5) is 18.6. The number of H-pyrrole nitrogens is 1. The van der Waals surface area contributed by atoms with E-state index in [9.17, 15) is 4.79 Å². The maximum atomic E-state index is 11.7. The topological polar surface area (TPSA) is 69.8 Å². The number of carbonyl (C=O) groups excluding carboxylic acids is 1. The molecule has 1 aromatic rings. The van der Waals surface area contributed by atoms with Crippen molar-refractivity contribution in [3.63, 3.8) is 0 Å². The van der Waals surface area contributed by atoms with Gasteiger partial charge in [0.1, 0.15) is 11.5 Å². The average molecular weight is 208 g/mol. The number of aromatic nitrogens is 2. The summed E-state index contributed by atoms with van der Waals surface area (Å²) in [6.45, 7) is 3.74. The second-order valence-electron chi connectivity index (χ2n) is 3.90. The minimum Gasteiger partial charge on any atom is -0.347 e. The highest BCUT2D eigenvalue weighted by atomic mass is 16.2. The first-order valence-corrected chi connectivity index (χ1v) is 5.29. The second-order valence-corrected chi connectivity index (χ2v) is 3.90. The quantitative estimate of drug-likeness (QED) is 0.650. The molecule has 5 heteroatoms. The fourth-order valence-electron chi connectivity index (χ4n) is 1.77. The van der Waals surface area contributed by atoms with Crippen molar-refractivity contribution in [1.82, 2.24) is 20.6 Å². The lowest BCUT2D eigenvalue weighted by Gasteiger charge is -2.23. The van der Waals surface area contributed by atoms with Crippen LogP contribution >= 0.6 is 0 Å². The van der Waals surface area contributed by atoms with Crippen molar-refractivity contribution in [2.75, 3.05) is 13.1 Å². The Kier molecular flexibility index (Phi) is 3.01. The molecule has 1 saturated heterocycles. The van der Waals surface area contributed by atoms with Crippen LogP contribution in [0.2, 0.25) is 0 Å². The summed E-state index contributed by atoms with van der Waals surface area (Å²) < 4.78 is 0. The highest BCUT2D eigenvalue weighted by Crippen LogP contribution is 2.03. The van der Waals surface area contributed by atoms with Gasteiger partial charge in [-0.1, -0.05) is 0 Å². The minimum atomic E-state index is -0.0655. The van der Waals surface area contributed by atoms with Crippen LogP contribution in [0.3, 0.4) is 0 Å². The Balaban J connectivity index is 1.91. The first-order valence-electron chi connectivity index (χ1n) is 5.29. The van der Waals surface area contributed by atoms with E-state index in [-0.39, 0.29) is 11.9 Å². The number of nitrogens with one attached hydrogen (secondary N) is 3. The number of hydrogen-bond acceptors (Lipinski definition) is 3. The van der Waals surface area contributed by atoms with E-state index < -0.39 is 0 Å². The molecule has 0 saturated carbocycles. The van der Waals surface area contributed by atoms with E-state index in [1.165, 1.54) is 0 Å². The zero-order valence-electron chi connectivity index (χ0n) is 8.84.